The number of hydrogen-bond donors (Lipinski definition) is 1. The van der Waals surface area contributed by atoms with Gasteiger partial charge in [-0.15, -0.1) is 6.42 Å². The van der Waals surface area contributed by atoms with Gasteiger partial charge in [0.2, 0.25) is 5.88 Å². The van der Waals surface area contributed by atoms with Gasteiger partial charge in [-0.05, 0) is 6.07 Å². The van der Waals surface area contributed by atoms with E-state index < -0.39 is 0 Å². The van der Waals surface area contributed by atoms with E-state index in [-0.39, 0.29) is 0 Å². The fourth-order valence-corrected chi connectivity index (χ4v) is 3.93. The van der Waals surface area contributed by atoms with Gasteiger partial charge in [-0.2, -0.15) is 0 Å². The highest BCUT2D eigenvalue weighted by Gasteiger charge is 2.17. The standard InChI is InChI=1S/C24H27ClN6O3/c1-4-5-30-6-8-31(9-7-30)10-11-34-22-13-19-17(12-21(22)32-2)24(28-16-27-19)29-20-14-23(33-3)26-15-18(20)25/h1,12-16H,5-11H2,2-3H3,(H,26,27,28,29). The Hall–Kier alpha value is -3.32. The second-order valence-electron chi connectivity index (χ2n) is 7.74. The predicted octanol–water partition coefficient (Wildman–Crippen LogP) is 3.07. The largest absolute Gasteiger partial charge is 0.493 e. The minimum absolute atomic E-state index is 0.441. The van der Waals surface area contributed by atoms with Gasteiger partial charge in [0.15, 0.2) is 11.5 Å². The molecular weight excluding hydrogens is 456 g/mol. The van der Waals surface area contributed by atoms with Crippen LogP contribution in [0.2, 0.25) is 5.02 Å². The van der Waals surface area contributed by atoms with E-state index in [0.717, 1.165) is 38.1 Å². The fraction of sp³-hybridized carbons (Fsp3) is 0.375. The number of fused-ring (bicyclic) bond motifs is 1. The number of piperazine rings is 1. The van der Waals surface area contributed by atoms with Crippen LogP contribution >= 0.6 is 11.6 Å². The van der Waals surface area contributed by atoms with E-state index in [1.54, 1.807) is 20.3 Å². The highest BCUT2D eigenvalue weighted by Crippen LogP contribution is 2.36. The van der Waals surface area contributed by atoms with E-state index in [1.165, 1.54) is 12.5 Å². The molecule has 10 heteroatoms. The summed E-state index contributed by atoms with van der Waals surface area (Å²) in [6, 6.07) is 5.43. The molecule has 1 saturated heterocycles. The normalized spacial score (nSPS) is 14.5. The average molecular weight is 483 g/mol. The van der Waals surface area contributed by atoms with Crippen molar-refractivity contribution in [3.63, 3.8) is 0 Å². The van der Waals surface area contributed by atoms with Crippen LogP contribution in [0.3, 0.4) is 0 Å². The van der Waals surface area contributed by atoms with Crippen molar-refractivity contribution >= 4 is 34.0 Å². The molecule has 3 heterocycles. The summed E-state index contributed by atoms with van der Waals surface area (Å²) in [5.41, 5.74) is 1.34. The van der Waals surface area contributed by atoms with Crippen molar-refractivity contribution in [2.24, 2.45) is 0 Å². The average Bonchev–Trinajstić information content (AvgIpc) is 2.86. The summed E-state index contributed by atoms with van der Waals surface area (Å²) < 4.78 is 16.9. The number of halogens is 1. The van der Waals surface area contributed by atoms with Crippen molar-refractivity contribution in [1.29, 1.82) is 0 Å². The molecule has 3 aromatic rings. The van der Waals surface area contributed by atoms with Gasteiger partial charge < -0.3 is 19.5 Å². The molecule has 4 rings (SSSR count). The highest BCUT2D eigenvalue weighted by molar-refractivity contribution is 6.33. The molecule has 1 fully saturated rings. The van der Waals surface area contributed by atoms with Crippen LogP contribution in [0, 0.1) is 12.3 Å². The smallest absolute Gasteiger partial charge is 0.215 e. The van der Waals surface area contributed by atoms with Gasteiger partial charge in [0, 0.05) is 50.2 Å². The first-order valence-electron chi connectivity index (χ1n) is 10.9. The van der Waals surface area contributed by atoms with Crippen molar-refractivity contribution in [2.45, 2.75) is 0 Å². The Morgan fingerprint density at radius 3 is 2.56 bits per heavy atom. The third-order valence-corrected chi connectivity index (χ3v) is 5.96. The number of hydrogen-bond acceptors (Lipinski definition) is 9. The zero-order valence-electron chi connectivity index (χ0n) is 19.3. The topological polar surface area (TPSA) is 84.9 Å². The van der Waals surface area contributed by atoms with E-state index in [4.69, 9.17) is 32.2 Å². The zero-order chi connectivity index (χ0) is 23.9. The molecule has 34 heavy (non-hydrogen) atoms. The van der Waals surface area contributed by atoms with Crippen molar-refractivity contribution in [3.8, 4) is 29.7 Å². The molecule has 0 bridgehead atoms. The zero-order valence-corrected chi connectivity index (χ0v) is 20.0. The first-order chi connectivity index (χ1) is 16.6. The molecule has 178 valence electrons. The van der Waals surface area contributed by atoms with E-state index >= 15 is 0 Å². The van der Waals surface area contributed by atoms with Crippen LogP contribution < -0.4 is 19.5 Å². The van der Waals surface area contributed by atoms with Crippen LogP contribution in [-0.4, -0.2) is 84.8 Å². The van der Waals surface area contributed by atoms with E-state index in [9.17, 15) is 0 Å². The maximum atomic E-state index is 6.30. The maximum Gasteiger partial charge on any atom is 0.215 e. The number of anilines is 2. The summed E-state index contributed by atoms with van der Waals surface area (Å²) in [6.45, 7) is 5.98. The van der Waals surface area contributed by atoms with Crippen molar-refractivity contribution < 1.29 is 14.2 Å². The number of pyridine rings is 1. The van der Waals surface area contributed by atoms with Crippen LogP contribution in [0.1, 0.15) is 0 Å². The minimum atomic E-state index is 0.441. The number of terminal acetylenes is 1. The Kier molecular flexibility index (Phi) is 7.85. The molecule has 0 aliphatic carbocycles. The third kappa shape index (κ3) is 5.59. The van der Waals surface area contributed by atoms with Crippen LogP contribution in [-0.2, 0) is 0 Å². The lowest BCUT2D eigenvalue weighted by atomic mass is 10.2. The summed E-state index contributed by atoms with van der Waals surface area (Å²) in [7, 11) is 3.16. The SMILES string of the molecule is C#CCN1CCN(CCOc2cc3ncnc(Nc4cc(OC)ncc4Cl)c3cc2OC)CC1. The number of rotatable bonds is 9. The van der Waals surface area contributed by atoms with Gasteiger partial charge >= 0.3 is 0 Å². The number of nitrogens with zero attached hydrogens (tertiary/aromatic N) is 5. The van der Waals surface area contributed by atoms with Crippen LogP contribution in [0.4, 0.5) is 11.5 Å². The van der Waals surface area contributed by atoms with E-state index in [2.05, 4.69) is 36.0 Å². The first kappa shape index (κ1) is 23.8. The molecule has 1 aliphatic heterocycles. The lowest BCUT2D eigenvalue weighted by Gasteiger charge is -2.33. The number of methoxy groups -OCH3 is 2. The summed E-state index contributed by atoms with van der Waals surface area (Å²) in [6.07, 6.45) is 8.42. The van der Waals surface area contributed by atoms with Crippen molar-refractivity contribution in [2.75, 3.05) is 65.4 Å². The van der Waals surface area contributed by atoms with E-state index in [0.29, 0.717) is 52.6 Å². The van der Waals surface area contributed by atoms with Gasteiger partial charge in [0.1, 0.15) is 18.8 Å². The molecule has 0 radical (unpaired) electrons. The molecule has 0 unspecified atom stereocenters. The quantitative estimate of drug-likeness (QED) is 0.462. The fourth-order valence-electron chi connectivity index (χ4n) is 3.78. The molecule has 0 atom stereocenters. The lowest BCUT2D eigenvalue weighted by molar-refractivity contribution is 0.125. The van der Waals surface area contributed by atoms with Gasteiger partial charge in [-0.25, -0.2) is 15.0 Å². The van der Waals surface area contributed by atoms with Crippen LogP contribution in [0.15, 0.2) is 30.7 Å². The molecular formula is C24H27ClN6O3. The summed E-state index contributed by atoms with van der Waals surface area (Å²) in [4.78, 5) is 17.5. The Bertz CT molecular complexity index is 1180. The lowest BCUT2D eigenvalue weighted by Crippen LogP contribution is -2.47. The molecule has 0 saturated carbocycles. The first-order valence-corrected chi connectivity index (χ1v) is 11.3. The van der Waals surface area contributed by atoms with Crippen LogP contribution in [0.25, 0.3) is 10.9 Å². The molecule has 9 nitrogen and oxygen atoms in total. The summed E-state index contributed by atoms with van der Waals surface area (Å²) in [5, 5.41) is 4.45. The third-order valence-electron chi connectivity index (χ3n) is 5.66. The Labute approximate surface area is 204 Å². The molecule has 2 aromatic heterocycles. The van der Waals surface area contributed by atoms with Crippen molar-refractivity contribution in [1.82, 2.24) is 24.8 Å². The summed E-state index contributed by atoms with van der Waals surface area (Å²) >= 11 is 6.30. The summed E-state index contributed by atoms with van der Waals surface area (Å²) in [5.74, 6) is 4.96. The number of aromatic nitrogens is 3. The van der Waals surface area contributed by atoms with E-state index in [1.807, 2.05) is 12.1 Å². The molecule has 1 aromatic carbocycles. The molecule has 0 spiro atoms. The Balaban J connectivity index is 1.47. The van der Waals surface area contributed by atoms with Crippen molar-refractivity contribution in [3.05, 3.63) is 35.7 Å². The molecule has 1 N–H and O–H groups in total. The second kappa shape index (κ2) is 11.2. The van der Waals surface area contributed by atoms with Gasteiger partial charge in [-0.3, -0.25) is 9.80 Å². The molecule has 1 aliphatic rings. The number of nitrogens with one attached hydrogen (secondary N) is 1. The van der Waals surface area contributed by atoms with Gasteiger partial charge in [-0.1, -0.05) is 17.5 Å². The Morgan fingerprint density at radius 2 is 1.82 bits per heavy atom. The predicted molar refractivity (Wildman–Crippen MR) is 132 cm³/mol. The minimum Gasteiger partial charge on any atom is -0.493 e. The highest BCUT2D eigenvalue weighted by atomic mass is 35.5. The van der Waals surface area contributed by atoms with Gasteiger partial charge in [0.05, 0.1) is 43.2 Å². The van der Waals surface area contributed by atoms with Gasteiger partial charge in [0.25, 0.3) is 0 Å². The number of ether oxygens (including phenoxy) is 3. The monoisotopic (exact) mass is 482 g/mol. The number of benzene rings is 1. The van der Waals surface area contributed by atoms with Crippen LogP contribution in [0.5, 0.6) is 17.4 Å². The maximum absolute atomic E-state index is 6.30. The Morgan fingerprint density at radius 1 is 1.03 bits per heavy atom. The molecule has 0 amide bonds. The second-order valence-corrected chi connectivity index (χ2v) is 8.15.